The van der Waals surface area contributed by atoms with Crippen LogP contribution >= 0.6 is 0 Å². The Balaban J connectivity index is 2.52. The van der Waals surface area contributed by atoms with Crippen LogP contribution in [0, 0.1) is 23.7 Å². The molecule has 1 heterocycles. The lowest BCUT2D eigenvalue weighted by Gasteiger charge is -2.29. The first-order chi connectivity index (χ1) is 28.3. The number of amides is 2. The summed E-state index contributed by atoms with van der Waals surface area (Å²) in [5, 5.41) is 5.25. The first-order valence-electron chi connectivity index (χ1n) is 21.3. The first-order valence-corrected chi connectivity index (χ1v) is 21.3. The standard InChI is InChI=1S/C42H72N4O14/c1-29(2)25-57-37(49)11-19-45(20-12-38(50)58-26-30(3)4)17-9-35(47)55-23-15-33-41(53)44-34(42(54)43-33)16-24-56-36(48)10-18-46(21-13-39(51)59-27-31(5)6)22-14-40(52)60-28-32(7)8/h29-34H,9-28H2,1-8H3,(H,43,54)(H,44,53). The van der Waals surface area contributed by atoms with Gasteiger partial charge in [-0.1, -0.05) is 55.4 Å². The molecule has 2 atom stereocenters. The van der Waals surface area contributed by atoms with Gasteiger partial charge in [0.15, 0.2) is 0 Å². The molecule has 1 aliphatic heterocycles. The summed E-state index contributed by atoms with van der Waals surface area (Å²) < 4.78 is 31.6. The van der Waals surface area contributed by atoms with Gasteiger partial charge in [0.2, 0.25) is 11.8 Å². The molecule has 18 heteroatoms. The van der Waals surface area contributed by atoms with E-state index in [9.17, 15) is 38.4 Å². The number of nitrogens with zero attached hydrogens (tertiary/aromatic N) is 2. The van der Waals surface area contributed by atoms with Crippen LogP contribution in [-0.4, -0.2) is 148 Å². The van der Waals surface area contributed by atoms with Crippen molar-refractivity contribution in [1.29, 1.82) is 0 Å². The van der Waals surface area contributed by atoms with Gasteiger partial charge in [-0.25, -0.2) is 0 Å². The zero-order chi connectivity index (χ0) is 45.0. The second-order valence-electron chi connectivity index (χ2n) is 16.6. The van der Waals surface area contributed by atoms with Crippen molar-refractivity contribution in [2.75, 3.05) is 78.9 Å². The van der Waals surface area contributed by atoms with Gasteiger partial charge in [-0.05, 0) is 23.7 Å². The van der Waals surface area contributed by atoms with Crippen molar-refractivity contribution in [3.05, 3.63) is 0 Å². The van der Waals surface area contributed by atoms with Crippen LogP contribution in [0.25, 0.3) is 0 Å². The van der Waals surface area contributed by atoms with Gasteiger partial charge in [0, 0.05) is 52.1 Å². The molecule has 0 radical (unpaired) electrons. The average Bonchev–Trinajstić information content (AvgIpc) is 3.18. The van der Waals surface area contributed by atoms with E-state index < -0.39 is 35.8 Å². The molecule has 0 aromatic rings. The molecule has 0 aromatic carbocycles. The molecule has 2 amide bonds. The van der Waals surface area contributed by atoms with Gasteiger partial charge >= 0.3 is 35.8 Å². The van der Waals surface area contributed by atoms with Gasteiger partial charge in [-0.3, -0.25) is 38.4 Å². The molecule has 1 fully saturated rings. The summed E-state index contributed by atoms with van der Waals surface area (Å²) in [6.07, 6.45) is 0.314. The number of nitrogens with one attached hydrogen (secondary N) is 2. The molecule has 2 unspecified atom stereocenters. The fourth-order valence-electron chi connectivity index (χ4n) is 5.30. The van der Waals surface area contributed by atoms with Crippen molar-refractivity contribution >= 4 is 47.6 Å². The normalized spacial score (nSPS) is 15.3. The molecule has 1 aliphatic rings. The zero-order valence-electron chi connectivity index (χ0n) is 37.2. The minimum atomic E-state index is -0.939. The fraction of sp³-hybridized carbons (Fsp3) is 0.810. The van der Waals surface area contributed by atoms with Crippen LogP contribution in [0.4, 0.5) is 0 Å². The Morgan fingerprint density at radius 2 is 0.633 bits per heavy atom. The van der Waals surface area contributed by atoms with E-state index in [1.54, 1.807) is 9.80 Å². The van der Waals surface area contributed by atoms with Crippen LogP contribution in [0.15, 0.2) is 0 Å². The van der Waals surface area contributed by atoms with E-state index in [1.807, 2.05) is 55.4 Å². The lowest BCUT2D eigenvalue weighted by atomic mass is 10.1. The number of hydrogen-bond donors (Lipinski definition) is 2. The number of rotatable bonds is 32. The van der Waals surface area contributed by atoms with Gasteiger partial charge in [0.05, 0.1) is 78.2 Å². The summed E-state index contributed by atoms with van der Waals surface area (Å²) in [7, 11) is 0. The predicted octanol–water partition coefficient (Wildman–Crippen LogP) is 2.58. The zero-order valence-corrected chi connectivity index (χ0v) is 37.2. The number of esters is 6. The van der Waals surface area contributed by atoms with Gasteiger partial charge < -0.3 is 48.9 Å². The molecule has 1 rings (SSSR count). The molecule has 344 valence electrons. The van der Waals surface area contributed by atoms with Crippen molar-refractivity contribution in [1.82, 2.24) is 20.4 Å². The maximum absolute atomic E-state index is 12.8. The van der Waals surface area contributed by atoms with Crippen molar-refractivity contribution in [3.8, 4) is 0 Å². The third-order valence-corrected chi connectivity index (χ3v) is 8.71. The third-order valence-electron chi connectivity index (χ3n) is 8.71. The molecular formula is C42H72N4O14. The molecule has 60 heavy (non-hydrogen) atoms. The second kappa shape index (κ2) is 30.7. The van der Waals surface area contributed by atoms with E-state index in [2.05, 4.69) is 10.6 Å². The lowest BCUT2D eigenvalue weighted by molar-refractivity contribution is -0.148. The quantitative estimate of drug-likeness (QED) is 0.0733. The Bertz CT molecular complexity index is 1200. The van der Waals surface area contributed by atoms with Crippen LogP contribution in [0.5, 0.6) is 0 Å². The maximum Gasteiger partial charge on any atom is 0.307 e. The van der Waals surface area contributed by atoms with E-state index in [4.69, 9.17) is 28.4 Å². The number of hydrogen-bond acceptors (Lipinski definition) is 16. The second-order valence-corrected chi connectivity index (χ2v) is 16.6. The average molecular weight is 857 g/mol. The Morgan fingerprint density at radius 1 is 0.417 bits per heavy atom. The van der Waals surface area contributed by atoms with Gasteiger partial charge in [-0.2, -0.15) is 0 Å². The Hall–Kier alpha value is -4.32. The smallest absolute Gasteiger partial charge is 0.307 e. The minimum Gasteiger partial charge on any atom is -0.466 e. The molecule has 0 spiro atoms. The van der Waals surface area contributed by atoms with Crippen molar-refractivity contribution in [2.24, 2.45) is 23.7 Å². The lowest BCUT2D eigenvalue weighted by Crippen LogP contribution is -2.62. The summed E-state index contributed by atoms with van der Waals surface area (Å²) in [5.74, 6) is -2.81. The third kappa shape index (κ3) is 27.4. The van der Waals surface area contributed by atoms with E-state index in [1.165, 1.54) is 0 Å². The maximum atomic E-state index is 12.8. The molecule has 0 aromatic heterocycles. The summed E-state index contributed by atoms with van der Waals surface area (Å²) >= 11 is 0. The molecule has 18 nitrogen and oxygen atoms in total. The first kappa shape index (κ1) is 53.7. The summed E-state index contributed by atoms with van der Waals surface area (Å²) in [5.41, 5.74) is 0. The van der Waals surface area contributed by atoms with Gasteiger partial charge in [-0.15, -0.1) is 0 Å². The summed E-state index contributed by atoms with van der Waals surface area (Å²) in [6.45, 7) is 17.9. The van der Waals surface area contributed by atoms with Crippen LogP contribution in [0.2, 0.25) is 0 Å². The number of carbonyl (C=O) groups excluding carboxylic acids is 8. The Kier molecular flexibility index (Phi) is 27.4. The molecule has 0 bridgehead atoms. The minimum absolute atomic E-state index is 0.0273. The fourth-order valence-corrected chi connectivity index (χ4v) is 5.30. The van der Waals surface area contributed by atoms with Gasteiger partial charge in [0.25, 0.3) is 0 Å². The predicted molar refractivity (Wildman–Crippen MR) is 219 cm³/mol. The molecular weight excluding hydrogens is 784 g/mol. The number of ether oxygens (including phenoxy) is 6. The summed E-state index contributed by atoms with van der Waals surface area (Å²) in [4.78, 5) is 103. The van der Waals surface area contributed by atoms with E-state index >= 15 is 0 Å². The van der Waals surface area contributed by atoms with Gasteiger partial charge in [0.1, 0.15) is 12.1 Å². The van der Waals surface area contributed by atoms with Crippen molar-refractivity contribution < 1.29 is 66.8 Å². The Morgan fingerprint density at radius 3 is 0.850 bits per heavy atom. The van der Waals surface area contributed by atoms with Crippen molar-refractivity contribution in [2.45, 2.75) is 119 Å². The highest BCUT2D eigenvalue weighted by Crippen LogP contribution is 2.09. The van der Waals surface area contributed by atoms with E-state index in [0.717, 1.165) is 0 Å². The van der Waals surface area contributed by atoms with Crippen LogP contribution in [0.1, 0.15) is 107 Å². The monoisotopic (exact) mass is 857 g/mol. The largest absolute Gasteiger partial charge is 0.466 e. The van der Waals surface area contributed by atoms with Crippen molar-refractivity contribution in [3.63, 3.8) is 0 Å². The highest BCUT2D eigenvalue weighted by Gasteiger charge is 2.33. The molecule has 1 saturated heterocycles. The summed E-state index contributed by atoms with van der Waals surface area (Å²) in [6, 6.07) is -1.88. The highest BCUT2D eigenvalue weighted by molar-refractivity contribution is 5.96. The molecule has 0 saturated carbocycles. The number of piperazine rings is 1. The number of carbonyl (C=O) groups is 8. The van der Waals surface area contributed by atoms with Crippen LogP contribution in [0.3, 0.4) is 0 Å². The van der Waals surface area contributed by atoms with E-state index in [-0.39, 0.29) is 151 Å². The molecule has 0 aliphatic carbocycles. The topological polar surface area (TPSA) is 222 Å². The van der Waals surface area contributed by atoms with E-state index in [0.29, 0.717) is 26.4 Å². The SMILES string of the molecule is CC(C)COC(=O)CCN(CCC(=O)OCCC1NC(=O)C(CCOC(=O)CCN(CCC(=O)OCC(C)C)CCC(=O)OCC(C)C)NC1=O)CCC(=O)OCC(C)C. The molecule has 2 N–H and O–H groups in total. The Labute approximate surface area is 355 Å². The van der Waals surface area contributed by atoms with Crippen LogP contribution < -0.4 is 10.6 Å². The highest BCUT2D eigenvalue weighted by atomic mass is 16.6. The van der Waals surface area contributed by atoms with Crippen LogP contribution in [-0.2, 0) is 66.8 Å².